The summed E-state index contributed by atoms with van der Waals surface area (Å²) < 4.78 is 55.4. The van der Waals surface area contributed by atoms with Gasteiger partial charge < -0.3 is 0 Å². The minimum atomic E-state index is -3.70. The summed E-state index contributed by atoms with van der Waals surface area (Å²) in [5.74, 6) is -0.922. The second kappa shape index (κ2) is 8.95. The first-order valence-corrected chi connectivity index (χ1v) is 12.7. The highest BCUT2D eigenvalue weighted by molar-refractivity contribution is 7.89. The van der Waals surface area contributed by atoms with E-state index in [1.807, 2.05) is 4.90 Å². The Morgan fingerprint density at radius 1 is 0.971 bits per heavy atom. The summed E-state index contributed by atoms with van der Waals surface area (Å²) in [7, 11) is -3.70. The third-order valence-electron chi connectivity index (χ3n) is 5.57. The lowest BCUT2D eigenvalue weighted by Crippen LogP contribution is -2.48. The van der Waals surface area contributed by atoms with Crippen LogP contribution in [-0.4, -0.2) is 58.4 Å². The molecule has 0 bridgehead atoms. The van der Waals surface area contributed by atoms with Gasteiger partial charge in [0.1, 0.15) is 11.6 Å². The molecular weight excluding hydrogens is 484 g/mol. The van der Waals surface area contributed by atoms with Crippen LogP contribution in [0.4, 0.5) is 8.78 Å². The van der Waals surface area contributed by atoms with Gasteiger partial charge in [0.15, 0.2) is 5.01 Å². The van der Waals surface area contributed by atoms with Crippen molar-refractivity contribution in [1.29, 1.82) is 0 Å². The number of sulfonamides is 1. The Morgan fingerprint density at radius 2 is 1.68 bits per heavy atom. The predicted octanol–water partition coefficient (Wildman–Crippen LogP) is 2.60. The van der Waals surface area contributed by atoms with Crippen LogP contribution >= 0.6 is 11.3 Å². The minimum absolute atomic E-state index is 0.0540. The van der Waals surface area contributed by atoms with Crippen LogP contribution in [0.1, 0.15) is 5.69 Å². The maximum Gasteiger partial charge on any atom is 0.275 e. The van der Waals surface area contributed by atoms with Crippen molar-refractivity contribution in [1.82, 2.24) is 23.8 Å². The van der Waals surface area contributed by atoms with Gasteiger partial charge in [-0.15, -0.1) is 0 Å². The average molecular weight is 504 g/mol. The molecule has 1 saturated heterocycles. The molecule has 8 nitrogen and oxygen atoms in total. The molecule has 0 unspecified atom stereocenters. The molecule has 34 heavy (non-hydrogen) atoms. The lowest BCUT2D eigenvalue weighted by molar-refractivity contribution is 0.180. The topological polar surface area (TPSA) is 87.9 Å². The maximum atomic E-state index is 14.1. The summed E-state index contributed by atoms with van der Waals surface area (Å²) in [6, 6.07) is 12.4. The highest BCUT2D eigenvalue weighted by Gasteiger charge is 2.28. The molecular formula is C22H19F2N5O3S2. The fraction of sp³-hybridized carbons (Fsp3) is 0.227. The summed E-state index contributed by atoms with van der Waals surface area (Å²) in [6.45, 7) is 1.79. The zero-order valence-electron chi connectivity index (χ0n) is 17.8. The van der Waals surface area contributed by atoms with Gasteiger partial charge in [-0.3, -0.25) is 9.69 Å². The van der Waals surface area contributed by atoms with E-state index in [0.717, 1.165) is 28.0 Å². The lowest BCUT2D eigenvalue weighted by atomic mass is 10.2. The SMILES string of the molecule is O=c1cc(CN2CCN(S(=O)(=O)c3ccc(F)cc3)CC2)nc2sc(-c3ccccc3F)nn12. The van der Waals surface area contributed by atoms with Crippen molar-refractivity contribution in [3.63, 3.8) is 0 Å². The smallest absolute Gasteiger partial charge is 0.275 e. The number of fused-ring (bicyclic) bond motifs is 1. The number of benzene rings is 2. The molecule has 2 aromatic heterocycles. The minimum Gasteiger partial charge on any atom is -0.295 e. The Hall–Kier alpha value is -3.06. The van der Waals surface area contributed by atoms with Gasteiger partial charge in [-0.25, -0.2) is 22.2 Å². The third kappa shape index (κ3) is 4.37. The van der Waals surface area contributed by atoms with Crippen molar-refractivity contribution in [3.05, 3.63) is 82.3 Å². The zero-order valence-corrected chi connectivity index (χ0v) is 19.4. The standard InChI is InChI=1S/C22H19F2N5O3S2/c23-15-5-7-17(8-6-15)34(31,32)28-11-9-27(10-12-28)14-16-13-20(30)29-22(25-16)33-21(26-29)18-3-1-2-4-19(18)24/h1-8,13H,9-12,14H2. The summed E-state index contributed by atoms with van der Waals surface area (Å²) in [5.41, 5.74) is 0.470. The van der Waals surface area contributed by atoms with E-state index in [1.165, 1.54) is 28.6 Å². The van der Waals surface area contributed by atoms with E-state index in [-0.39, 0.29) is 23.5 Å². The molecule has 0 radical (unpaired) electrons. The Labute approximate surface area is 197 Å². The van der Waals surface area contributed by atoms with Crippen LogP contribution in [0.2, 0.25) is 0 Å². The zero-order chi connectivity index (χ0) is 23.9. The van der Waals surface area contributed by atoms with Crippen molar-refractivity contribution in [2.45, 2.75) is 11.4 Å². The Balaban J connectivity index is 1.30. The van der Waals surface area contributed by atoms with Gasteiger partial charge in [0.05, 0.1) is 10.6 Å². The van der Waals surface area contributed by atoms with Crippen LogP contribution in [0, 0.1) is 11.6 Å². The van der Waals surface area contributed by atoms with E-state index in [4.69, 9.17) is 0 Å². The molecule has 176 valence electrons. The molecule has 3 heterocycles. The number of aromatic nitrogens is 3. The van der Waals surface area contributed by atoms with Crippen LogP contribution in [0.15, 0.2) is 64.3 Å². The lowest BCUT2D eigenvalue weighted by Gasteiger charge is -2.33. The highest BCUT2D eigenvalue weighted by Crippen LogP contribution is 2.26. The number of hydrogen-bond donors (Lipinski definition) is 0. The highest BCUT2D eigenvalue weighted by atomic mass is 32.2. The van der Waals surface area contributed by atoms with Gasteiger partial charge in [0, 0.05) is 44.4 Å². The second-order valence-electron chi connectivity index (χ2n) is 7.80. The Morgan fingerprint density at radius 3 is 2.38 bits per heavy atom. The molecule has 12 heteroatoms. The first kappa shape index (κ1) is 22.7. The Kier molecular flexibility index (Phi) is 5.98. The molecule has 0 aliphatic carbocycles. The van der Waals surface area contributed by atoms with Gasteiger partial charge in [0.25, 0.3) is 5.56 Å². The number of halogens is 2. The van der Waals surface area contributed by atoms with Gasteiger partial charge >= 0.3 is 0 Å². The molecule has 4 aromatic rings. The summed E-state index contributed by atoms with van der Waals surface area (Å²) in [5, 5.41) is 4.57. The largest absolute Gasteiger partial charge is 0.295 e. The molecule has 1 fully saturated rings. The fourth-order valence-corrected chi connectivity index (χ4v) is 6.17. The number of rotatable bonds is 5. The van der Waals surface area contributed by atoms with Crippen LogP contribution in [0.3, 0.4) is 0 Å². The summed E-state index contributed by atoms with van der Waals surface area (Å²) in [6.07, 6.45) is 0. The first-order chi connectivity index (χ1) is 16.3. The van der Waals surface area contributed by atoms with Gasteiger partial charge in [-0.1, -0.05) is 23.5 Å². The molecule has 2 aromatic carbocycles. The number of hydrogen-bond acceptors (Lipinski definition) is 7. The molecule has 0 saturated carbocycles. The van der Waals surface area contributed by atoms with E-state index in [2.05, 4.69) is 10.1 Å². The van der Waals surface area contributed by atoms with Crippen molar-refractivity contribution < 1.29 is 17.2 Å². The molecule has 1 aliphatic rings. The normalized spacial score (nSPS) is 15.7. The van der Waals surface area contributed by atoms with Crippen LogP contribution in [-0.2, 0) is 16.6 Å². The molecule has 1 aliphatic heterocycles. The first-order valence-electron chi connectivity index (χ1n) is 10.4. The van der Waals surface area contributed by atoms with Crippen molar-refractivity contribution >= 4 is 26.3 Å². The van der Waals surface area contributed by atoms with E-state index >= 15 is 0 Å². The van der Waals surface area contributed by atoms with Crippen molar-refractivity contribution in [2.75, 3.05) is 26.2 Å². The quantitative estimate of drug-likeness (QED) is 0.416. The van der Waals surface area contributed by atoms with E-state index in [9.17, 15) is 22.0 Å². The summed E-state index contributed by atoms with van der Waals surface area (Å²) >= 11 is 1.13. The predicted molar refractivity (Wildman–Crippen MR) is 123 cm³/mol. The third-order valence-corrected chi connectivity index (χ3v) is 8.43. The number of piperazine rings is 1. The molecule has 0 N–H and O–H groups in total. The average Bonchev–Trinajstić information content (AvgIpc) is 3.24. The molecule has 5 rings (SSSR count). The van der Waals surface area contributed by atoms with E-state index in [0.29, 0.717) is 40.9 Å². The van der Waals surface area contributed by atoms with Gasteiger partial charge in [-0.2, -0.15) is 13.9 Å². The van der Waals surface area contributed by atoms with E-state index < -0.39 is 21.7 Å². The van der Waals surface area contributed by atoms with Gasteiger partial charge in [-0.05, 0) is 36.4 Å². The number of nitrogens with zero attached hydrogens (tertiary/aromatic N) is 5. The van der Waals surface area contributed by atoms with Crippen LogP contribution in [0.25, 0.3) is 15.5 Å². The maximum absolute atomic E-state index is 14.1. The molecule has 0 amide bonds. The molecule has 0 atom stereocenters. The fourth-order valence-electron chi connectivity index (χ4n) is 3.79. The van der Waals surface area contributed by atoms with Crippen molar-refractivity contribution in [2.24, 2.45) is 0 Å². The van der Waals surface area contributed by atoms with Crippen LogP contribution in [0.5, 0.6) is 0 Å². The van der Waals surface area contributed by atoms with Gasteiger partial charge in [0.2, 0.25) is 15.0 Å². The van der Waals surface area contributed by atoms with Crippen LogP contribution < -0.4 is 5.56 Å². The Bertz CT molecular complexity index is 1510. The van der Waals surface area contributed by atoms with Crippen molar-refractivity contribution in [3.8, 4) is 10.6 Å². The second-order valence-corrected chi connectivity index (χ2v) is 10.7. The monoisotopic (exact) mass is 503 g/mol. The van der Waals surface area contributed by atoms with E-state index in [1.54, 1.807) is 18.2 Å². The summed E-state index contributed by atoms with van der Waals surface area (Å²) in [4.78, 5) is 19.5. The molecule has 0 spiro atoms.